The van der Waals surface area contributed by atoms with Crippen molar-refractivity contribution in [3.05, 3.63) is 90.0 Å². The number of aryl methyl sites for hydroxylation is 1. The number of nitrogens with zero attached hydrogens (tertiary/aromatic N) is 3. The summed E-state index contributed by atoms with van der Waals surface area (Å²) in [4.78, 5) is 21.0. The van der Waals surface area contributed by atoms with Crippen molar-refractivity contribution < 1.29 is 18.3 Å². The monoisotopic (exact) mass is 657 g/mol. The first-order valence-corrected chi connectivity index (χ1v) is 18.5. The van der Waals surface area contributed by atoms with Crippen LogP contribution in [0.4, 0.5) is 20.2 Å². The third-order valence-electron chi connectivity index (χ3n) is 11.0. The fourth-order valence-corrected chi connectivity index (χ4v) is 7.93. The van der Waals surface area contributed by atoms with E-state index in [2.05, 4.69) is 26.8 Å². The molecule has 0 amide bonds. The molecule has 3 aliphatic rings. The molecule has 0 bridgehead atoms. The number of para-hydroxylation sites is 1. The lowest BCUT2D eigenvalue weighted by atomic mass is 9.86. The van der Waals surface area contributed by atoms with Crippen LogP contribution in [0.5, 0.6) is 5.75 Å². The van der Waals surface area contributed by atoms with Crippen LogP contribution in [0, 0.1) is 23.5 Å². The van der Waals surface area contributed by atoms with Crippen LogP contribution in [0.2, 0.25) is 0 Å². The number of carbonyl (C=O) groups is 1. The highest BCUT2D eigenvalue weighted by atomic mass is 19.1. The summed E-state index contributed by atoms with van der Waals surface area (Å²) in [7, 11) is 0. The quantitative estimate of drug-likeness (QED) is 0.172. The number of unbranched alkanes of at least 4 members (excludes halogenated alkanes) is 4. The molecule has 3 aromatic rings. The summed E-state index contributed by atoms with van der Waals surface area (Å²) in [5.41, 5.74) is 3.42. The van der Waals surface area contributed by atoms with Gasteiger partial charge in [-0.05, 0) is 98.2 Å². The highest BCUT2D eigenvalue weighted by Crippen LogP contribution is 2.31. The van der Waals surface area contributed by atoms with Crippen LogP contribution in [0.15, 0.2) is 72.8 Å². The van der Waals surface area contributed by atoms with Gasteiger partial charge in [-0.2, -0.15) is 0 Å². The summed E-state index contributed by atoms with van der Waals surface area (Å²) < 4.78 is 33.1. The SMILES string of the molecule is O=C1C(CCCCCCCC2CCN(c3ccc(F)cc3)CC2)CCc2ccccc2OC1CCN1CCN(c2ccc(F)cc2)CC1. The van der Waals surface area contributed by atoms with E-state index in [1.54, 1.807) is 12.1 Å². The lowest BCUT2D eigenvalue weighted by molar-refractivity contribution is -0.131. The number of ketones is 1. The number of piperazine rings is 1. The van der Waals surface area contributed by atoms with Gasteiger partial charge in [0.2, 0.25) is 0 Å². The molecule has 0 spiro atoms. The molecule has 48 heavy (non-hydrogen) atoms. The topological polar surface area (TPSA) is 36.0 Å². The number of carbonyl (C=O) groups excluding carboxylic acids is 1. The van der Waals surface area contributed by atoms with Crippen molar-refractivity contribution in [2.24, 2.45) is 11.8 Å². The third-order valence-corrected chi connectivity index (χ3v) is 11.0. The second kappa shape index (κ2) is 17.3. The number of ether oxygens (including phenoxy) is 1. The van der Waals surface area contributed by atoms with Crippen molar-refractivity contribution in [3.63, 3.8) is 0 Å². The summed E-state index contributed by atoms with van der Waals surface area (Å²) in [6.45, 7) is 6.61. The summed E-state index contributed by atoms with van der Waals surface area (Å²) in [6, 6.07) is 21.9. The third kappa shape index (κ3) is 9.58. The molecule has 3 heterocycles. The van der Waals surface area contributed by atoms with Gasteiger partial charge in [0.05, 0.1) is 0 Å². The molecule has 2 fully saturated rings. The Labute approximate surface area is 286 Å². The first kappa shape index (κ1) is 34.4. The fraction of sp³-hybridized carbons (Fsp3) is 0.537. The van der Waals surface area contributed by atoms with Crippen LogP contribution in [-0.4, -0.2) is 62.6 Å². The molecule has 7 heteroatoms. The maximum Gasteiger partial charge on any atom is 0.176 e. The minimum absolute atomic E-state index is 0.0602. The Morgan fingerprint density at radius 2 is 1.21 bits per heavy atom. The highest BCUT2D eigenvalue weighted by molar-refractivity contribution is 5.86. The predicted octanol–water partition coefficient (Wildman–Crippen LogP) is 8.70. The summed E-state index contributed by atoms with van der Waals surface area (Å²) in [5.74, 6) is 1.65. The largest absolute Gasteiger partial charge is 0.482 e. The number of Topliss-reactive ketones (excluding diaryl/α,β-unsaturated/α-hetero) is 1. The molecule has 2 saturated heterocycles. The van der Waals surface area contributed by atoms with E-state index in [-0.39, 0.29) is 17.6 Å². The fourth-order valence-electron chi connectivity index (χ4n) is 7.93. The number of rotatable bonds is 13. The van der Waals surface area contributed by atoms with Gasteiger partial charge in [-0.1, -0.05) is 56.7 Å². The number of halogens is 2. The van der Waals surface area contributed by atoms with Gasteiger partial charge in [0.1, 0.15) is 17.4 Å². The summed E-state index contributed by atoms with van der Waals surface area (Å²) in [5, 5.41) is 0. The van der Waals surface area contributed by atoms with Crippen molar-refractivity contribution in [3.8, 4) is 5.75 Å². The zero-order valence-electron chi connectivity index (χ0n) is 28.5. The second-order valence-electron chi connectivity index (χ2n) is 14.2. The van der Waals surface area contributed by atoms with Crippen molar-refractivity contribution >= 4 is 17.2 Å². The molecule has 2 unspecified atom stereocenters. The van der Waals surface area contributed by atoms with Gasteiger partial charge in [0.15, 0.2) is 11.9 Å². The van der Waals surface area contributed by atoms with E-state index >= 15 is 0 Å². The predicted molar refractivity (Wildman–Crippen MR) is 191 cm³/mol. The van der Waals surface area contributed by atoms with Gasteiger partial charge in [-0.15, -0.1) is 0 Å². The zero-order chi connectivity index (χ0) is 33.1. The normalized spacial score (nSPS) is 21.0. The average molecular weight is 658 g/mol. The van der Waals surface area contributed by atoms with Crippen molar-refractivity contribution in [2.75, 3.05) is 55.6 Å². The standard InChI is InChI=1S/C41H53F2N3O2/c42-35-14-18-37(19-15-35)45-26-22-32(23-27-45)8-4-2-1-3-5-10-34-13-12-33-9-6-7-11-39(33)48-40(41(34)47)24-25-44-28-30-46(31-29-44)38-20-16-36(43)17-21-38/h6-7,9,11,14-21,32,34,40H,1-5,8,10,12-13,22-31H2. The smallest absolute Gasteiger partial charge is 0.176 e. The lowest BCUT2D eigenvalue weighted by Crippen LogP contribution is -2.48. The molecule has 258 valence electrons. The molecule has 3 aliphatic heterocycles. The van der Waals surface area contributed by atoms with E-state index < -0.39 is 6.10 Å². The summed E-state index contributed by atoms with van der Waals surface area (Å²) in [6.07, 6.45) is 12.9. The molecule has 2 atom stereocenters. The number of hydrogen-bond acceptors (Lipinski definition) is 5. The zero-order valence-corrected chi connectivity index (χ0v) is 28.5. The molecule has 0 aromatic heterocycles. The average Bonchev–Trinajstić information content (AvgIpc) is 3.12. The molecule has 6 rings (SSSR count). The first-order valence-electron chi connectivity index (χ1n) is 18.5. The number of piperidine rings is 1. The number of benzene rings is 3. The maximum atomic E-state index is 13.9. The Balaban J connectivity index is 0.908. The van der Waals surface area contributed by atoms with E-state index in [0.717, 1.165) is 94.5 Å². The van der Waals surface area contributed by atoms with Crippen LogP contribution in [0.1, 0.15) is 76.2 Å². The van der Waals surface area contributed by atoms with Crippen LogP contribution in [0.25, 0.3) is 0 Å². The van der Waals surface area contributed by atoms with Crippen LogP contribution < -0.4 is 14.5 Å². The molecule has 0 radical (unpaired) electrons. The van der Waals surface area contributed by atoms with E-state index in [4.69, 9.17) is 4.74 Å². The molecular formula is C41H53F2N3O2. The number of hydrogen-bond donors (Lipinski definition) is 0. The maximum absolute atomic E-state index is 13.9. The van der Waals surface area contributed by atoms with Crippen LogP contribution in [-0.2, 0) is 11.2 Å². The van der Waals surface area contributed by atoms with E-state index in [1.165, 1.54) is 62.6 Å². The Morgan fingerprint density at radius 1 is 0.625 bits per heavy atom. The Kier molecular flexibility index (Phi) is 12.4. The Morgan fingerprint density at radius 3 is 1.88 bits per heavy atom. The number of anilines is 2. The number of fused-ring (bicyclic) bond motifs is 1. The van der Waals surface area contributed by atoms with Crippen molar-refractivity contribution in [2.45, 2.75) is 83.2 Å². The first-order chi connectivity index (χ1) is 23.5. The van der Waals surface area contributed by atoms with Gasteiger partial charge in [0.25, 0.3) is 0 Å². The molecule has 0 aliphatic carbocycles. The minimum atomic E-state index is -0.402. The van der Waals surface area contributed by atoms with Gasteiger partial charge in [-0.3, -0.25) is 9.69 Å². The van der Waals surface area contributed by atoms with Gasteiger partial charge >= 0.3 is 0 Å². The van der Waals surface area contributed by atoms with Crippen molar-refractivity contribution in [1.29, 1.82) is 0 Å². The van der Waals surface area contributed by atoms with Gasteiger partial charge in [0, 0.05) is 69.5 Å². The van der Waals surface area contributed by atoms with Crippen molar-refractivity contribution in [1.82, 2.24) is 4.90 Å². The molecule has 0 N–H and O–H groups in total. The van der Waals surface area contributed by atoms with Gasteiger partial charge in [-0.25, -0.2) is 8.78 Å². The molecular weight excluding hydrogens is 604 g/mol. The summed E-state index contributed by atoms with van der Waals surface area (Å²) >= 11 is 0. The van der Waals surface area contributed by atoms with E-state index in [0.29, 0.717) is 12.2 Å². The minimum Gasteiger partial charge on any atom is -0.482 e. The van der Waals surface area contributed by atoms with Crippen LogP contribution in [0.3, 0.4) is 0 Å². The highest BCUT2D eigenvalue weighted by Gasteiger charge is 2.32. The van der Waals surface area contributed by atoms with E-state index in [9.17, 15) is 13.6 Å². The van der Waals surface area contributed by atoms with E-state index in [1.807, 2.05) is 36.4 Å². The lowest BCUT2D eigenvalue weighted by Gasteiger charge is -2.37. The second-order valence-corrected chi connectivity index (χ2v) is 14.2. The van der Waals surface area contributed by atoms with Gasteiger partial charge < -0.3 is 14.5 Å². The Hall–Kier alpha value is -3.45. The van der Waals surface area contributed by atoms with Crippen LogP contribution >= 0.6 is 0 Å². The molecule has 3 aromatic carbocycles. The molecule has 0 saturated carbocycles. The Bertz CT molecular complexity index is 1420. The molecule has 5 nitrogen and oxygen atoms in total.